The fraction of sp³-hybridized carbons (Fsp3) is 0.111. The molecule has 0 radical (unpaired) electrons. The van der Waals surface area contributed by atoms with Gasteiger partial charge in [0.05, 0.1) is 24.9 Å². The number of methoxy groups -OCH3 is 1. The van der Waals surface area contributed by atoms with E-state index >= 15 is 0 Å². The molecule has 0 aliphatic heterocycles. The highest BCUT2D eigenvalue weighted by atomic mass is 35.5. The second-order valence-corrected chi connectivity index (χ2v) is 6.42. The van der Waals surface area contributed by atoms with Crippen LogP contribution in [-0.2, 0) is 6.54 Å². The van der Waals surface area contributed by atoms with Gasteiger partial charge in [-0.15, -0.1) is 0 Å². The summed E-state index contributed by atoms with van der Waals surface area (Å²) in [6.07, 6.45) is 3.02. The molecule has 1 aromatic carbocycles. The molecule has 29 heavy (non-hydrogen) atoms. The molecule has 2 aromatic heterocycles. The van der Waals surface area contributed by atoms with Gasteiger partial charge in [-0.2, -0.15) is 5.10 Å². The van der Waals surface area contributed by atoms with E-state index in [4.69, 9.17) is 22.1 Å². The first-order valence-electron chi connectivity index (χ1n) is 8.10. The molecule has 0 unspecified atom stereocenters. The van der Waals surface area contributed by atoms with E-state index in [0.29, 0.717) is 16.3 Å². The molecule has 0 saturated heterocycles. The maximum atomic E-state index is 12.2. The maximum Gasteiger partial charge on any atom is 0.342 e. The van der Waals surface area contributed by atoms with Crippen LogP contribution in [0.4, 0.5) is 5.82 Å². The first-order valence-corrected chi connectivity index (χ1v) is 8.48. The molecular weight excluding hydrogens is 404 g/mol. The lowest BCUT2D eigenvalue weighted by molar-refractivity contribution is 0.0695. The first kappa shape index (κ1) is 20.0. The number of halogens is 1. The number of aromatic carboxylic acids is 2. The van der Waals surface area contributed by atoms with Crippen LogP contribution in [0.5, 0.6) is 5.75 Å². The van der Waals surface area contributed by atoms with Crippen molar-refractivity contribution in [1.82, 2.24) is 14.8 Å². The third-order valence-corrected chi connectivity index (χ3v) is 4.37. The number of hydrogen-bond acceptors (Lipinski definition) is 6. The number of carboxylic acids is 2. The summed E-state index contributed by atoms with van der Waals surface area (Å²) < 4.78 is 6.84. The monoisotopic (exact) mass is 418 g/mol. The average molecular weight is 419 g/mol. The fourth-order valence-electron chi connectivity index (χ4n) is 2.99. The molecule has 150 valence electrons. The molecule has 0 spiro atoms. The lowest BCUT2D eigenvalue weighted by atomic mass is 9.94. The molecule has 0 saturated carbocycles. The van der Waals surface area contributed by atoms with Crippen LogP contribution in [0, 0.1) is 0 Å². The summed E-state index contributed by atoms with van der Waals surface area (Å²) in [5, 5.41) is 23.6. The molecule has 10 nitrogen and oxygen atoms in total. The zero-order valence-electron chi connectivity index (χ0n) is 15.0. The number of anilines is 1. The topological polar surface area (TPSA) is 161 Å². The summed E-state index contributed by atoms with van der Waals surface area (Å²) >= 11 is 5.88. The Labute approximate surface area is 168 Å². The van der Waals surface area contributed by atoms with E-state index in [1.54, 1.807) is 6.20 Å². The molecule has 11 heteroatoms. The average Bonchev–Trinajstić information content (AvgIpc) is 3.05. The Morgan fingerprint density at radius 1 is 1.28 bits per heavy atom. The van der Waals surface area contributed by atoms with Crippen molar-refractivity contribution in [3.05, 3.63) is 62.7 Å². The molecular formula is C18H15ClN4O6. The van der Waals surface area contributed by atoms with Crippen LogP contribution < -0.4 is 16.0 Å². The van der Waals surface area contributed by atoms with Gasteiger partial charge in [0.2, 0.25) is 0 Å². The minimum absolute atomic E-state index is 0.173. The highest BCUT2D eigenvalue weighted by Crippen LogP contribution is 2.33. The number of ether oxygens (including phenoxy) is 1. The Bertz CT molecular complexity index is 1180. The second-order valence-electron chi connectivity index (χ2n) is 5.99. The number of H-pyrrole nitrogens is 1. The van der Waals surface area contributed by atoms with Gasteiger partial charge in [-0.05, 0) is 17.7 Å². The lowest BCUT2D eigenvalue weighted by Gasteiger charge is -2.15. The number of aromatic amines is 1. The van der Waals surface area contributed by atoms with Crippen molar-refractivity contribution in [1.29, 1.82) is 0 Å². The molecule has 5 N–H and O–H groups in total. The number of nitrogens with one attached hydrogen (secondary N) is 1. The summed E-state index contributed by atoms with van der Waals surface area (Å²) in [6.45, 7) is 0.202. The predicted molar refractivity (Wildman–Crippen MR) is 104 cm³/mol. The number of carbonyl (C=O) groups is 2. The van der Waals surface area contributed by atoms with Crippen LogP contribution in [0.2, 0.25) is 5.02 Å². The number of hydrogen-bond donors (Lipinski definition) is 4. The molecule has 0 bridgehead atoms. The van der Waals surface area contributed by atoms with Gasteiger partial charge in [-0.1, -0.05) is 17.7 Å². The summed E-state index contributed by atoms with van der Waals surface area (Å²) in [5.41, 5.74) is 3.85. The fourth-order valence-corrected chi connectivity index (χ4v) is 3.15. The SMILES string of the molecule is COc1ccc(-c2c(C(=O)O)c(N)[nH]c(=O)c2C(=O)O)cc1Cn1cc(Cl)cn1. The third-order valence-electron chi connectivity index (χ3n) is 4.18. The van der Waals surface area contributed by atoms with E-state index in [1.165, 1.54) is 36.2 Å². The number of rotatable bonds is 6. The number of carboxylic acid groups (broad SMARTS) is 2. The van der Waals surface area contributed by atoms with Gasteiger partial charge in [0.15, 0.2) is 0 Å². The van der Waals surface area contributed by atoms with Crippen molar-refractivity contribution >= 4 is 29.4 Å². The number of aromatic nitrogens is 3. The zero-order chi connectivity index (χ0) is 21.3. The number of pyridine rings is 1. The minimum Gasteiger partial charge on any atom is -0.496 e. The number of nitrogens with zero attached hydrogens (tertiary/aromatic N) is 2. The summed E-state index contributed by atoms with van der Waals surface area (Å²) in [6, 6.07) is 4.50. The van der Waals surface area contributed by atoms with Gasteiger partial charge in [-0.3, -0.25) is 9.48 Å². The number of nitrogen functional groups attached to an aromatic ring is 1. The smallest absolute Gasteiger partial charge is 0.342 e. The summed E-state index contributed by atoms with van der Waals surface area (Å²) in [7, 11) is 1.45. The van der Waals surface area contributed by atoms with E-state index in [9.17, 15) is 24.6 Å². The van der Waals surface area contributed by atoms with Gasteiger partial charge in [0, 0.05) is 17.3 Å². The second kappa shape index (κ2) is 7.68. The van der Waals surface area contributed by atoms with Crippen LogP contribution in [-0.4, -0.2) is 44.0 Å². The lowest BCUT2D eigenvalue weighted by Crippen LogP contribution is -2.24. The third kappa shape index (κ3) is 3.78. The van der Waals surface area contributed by atoms with E-state index in [1.807, 2.05) is 0 Å². The van der Waals surface area contributed by atoms with Crippen molar-refractivity contribution in [3.8, 4) is 16.9 Å². The summed E-state index contributed by atoms with van der Waals surface area (Å²) in [4.78, 5) is 37.7. The van der Waals surface area contributed by atoms with E-state index < -0.39 is 34.4 Å². The van der Waals surface area contributed by atoms with Gasteiger partial charge in [-0.25, -0.2) is 9.59 Å². The van der Waals surface area contributed by atoms with Gasteiger partial charge in [0.25, 0.3) is 5.56 Å². The normalized spacial score (nSPS) is 10.7. The molecule has 0 amide bonds. The van der Waals surface area contributed by atoms with Crippen LogP contribution in [0.3, 0.4) is 0 Å². The number of benzene rings is 1. The first-order chi connectivity index (χ1) is 13.7. The summed E-state index contributed by atoms with van der Waals surface area (Å²) in [5.74, 6) is -3.06. The van der Waals surface area contributed by atoms with Crippen molar-refractivity contribution < 1.29 is 24.5 Å². The van der Waals surface area contributed by atoms with E-state index in [-0.39, 0.29) is 17.7 Å². The zero-order valence-corrected chi connectivity index (χ0v) is 15.7. The van der Waals surface area contributed by atoms with Crippen LogP contribution >= 0.6 is 11.6 Å². The minimum atomic E-state index is -1.58. The molecule has 0 aliphatic carbocycles. The van der Waals surface area contributed by atoms with Gasteiger partial charge < -0.3 is 25.7 Å². The van der Waals surface area contributed by atoms with Crippen LogP contribution in [0.15, 0.2) is 35.4 Å². The standard InChI is InChI=1S/C18H15ClN4O6/c1-29-11-3-2-8(4-9(11)6-23-7-10(19)5-21-23)12-13(17(25)26)15(20)22-16(24)14(12)18(27)28/h2-5,7H,6H2,1H3,(H,25,26)(H,27,28)(H3,20,22,24). The molecule has 0 aliphatic rings. The molecule has 0 fully saturated rings. The van der Waals surface area contributed by atoms with E-state index in [2.05, 4.69) is 10.1 Å². The Kier molecular flexibility index (Phi) is 5.29. The number of nitrogens with two attached hydrogens (primary N) is 1. The highest BCUT2D eigenvalue weighted by Gasteiger charge is 2.27. The molecule has 0 atom stereocenters. The van der Waals surface area contributed by atoms with Crippen molar-refractivity contribution in [2.75, 3.05) is 12.8 Å². The maximum absolute atomic E-state index is 12.2. The van der Waals surface area contributed by atoms with Crippen molar-refractivity contribution in [2.24, 2.45) is 0 Å². The van der Waals surface area contributed by atoms with Gasteiger partial charge in [0.1, 0.15) is 22.7 Å². The largest absolute Gasteiger partial charge is 0.496 e. The van der Waals surface area contributed by atoms with Crippen LogP contribution in [0.1, 0.15) is 26.3 Å². The predicted octanol–water partition coefficient (Wildman–Crippen LogP) is 1.93. The Morgan fingerprint density at radius 2 is 1.97 bits per heavy atom. The van der Waals surface area contributed by atoms with Crippen LogP contribution in [0.25, 0.3) is 11.1 Å². The van der Waals surface area contributed by atoms with E-state index in [0.717, 1.165) is 0 Å². The van der Waals surface area contributed by atoms with Gasteiger partial charge >= 0.3 is 11.9 Å². The Hall–Kier alpha value is -3.79. The van der Waals surface area contributed by atoms with Crippen molar-refractivity contribution in [3.63, 3.8) is 0 Å². The Morgan fingerprint density at radius 3 is 2.52 bits per heavy atom. The van der Waals surface area contributed by atoms with Crippen molar-refractivity contribution in [2.45, 2.75) is 6.54 Å². The molecule has 3 aromatic rings. The Balaban J connectivity index is 2.28. The molecule has 3 rings (SSSR count). The highest BCUT2D eigenvalue weighted by molar-refractivity contribution is 6.30. The molecule has 2 heterocycles. The quantitative estimate of drug-likeness (QED) is 0.472.